The molecule has 0 aromatic carbocycles. The van der Waals surface area contributed by atoms with Gasteiger partial charge in [-0.05, 0) is 23.2 Å². The average molecular weight is 393 g/mol. The van der Waals surface area contributed by atoms with Crippen LogP contribution in [0.25, 0.3) is 0 Å². The topological polar surface area (TPSA) is 153 Å². The maximum absolute atomic E-state index is 11.9. The van der Waals surface area contributed by atoms with E-state index < -0.39 is 64.1 Å². The number of aromatic nitrogens is 2. The van der Waals surface area contributed by atoms with Crippen molar-refractivity contribution in [3.05, 3.63) is 33.1 Å². The molecule has 0 spiro atoms. The number of Topliss-reactive ketones (excluding diaryl/α,β-unsaturated/α-hetero) is 2. The second kappa shape index (κ2) is 7.40. The van der Waals surface area contributed by atoms with E-state index in [0.29, 0.717) is 0 Å². The van der Waals surface area contributed by atoms with Crippen LogP contribution in [-0.2, 0) is 23.9 Å². The third kappa shape index (κ3) is 3.93. The number of aliphatic hydroxyl groups excluding tert-OH is 1. The molecule has 2 rings (SSSR count). The van der Waals surface area contributed by atoms with Crippen molar-refractivity contribution in [2.24, 2.45) is 5.92 Å². The lowest BCUT2D eigenvalue weighted by molar-refractivity contribution is -0.139. The molecule has 0 unspecified atom stereocenters. The van der Waals surface area contributed by atoms with Gasteiger partial charge in [-0.25, -0.2) is 4.79 Å². The Hall–Kier alpha value is -2.14. The lowest BCUT2D eigenvalue weighted by Gasteiger charge is -2.17. The Balaban J connectivity index is 2.41. The van der Waals surface area contributed by atoms with Gasteiger partial charge >= 0.3 is 5.69 Å². The number of carbonyl (C=O) groups excluding carboxylic acids is 4. The van der Waals surface area contributed by atoms with E-state index in [1.54, 1.807) is 0 Å². The van der Waals surface area contributed by atoms with Gasteiger partial charge in [0.05, 0.1) is 12.0 Å². The summed E-state index contributed by atoms with van der Waals surface area (Å²) >= 11 is 10.2. The number of nitrogens with one attached hydrogen (secondary N) is 1. The first-order valence-corrected chi connectivity index (χ1v) is 7.50. The molecule has 1 aromatic rings. The Labute approximate surface area is 148 Å². The van der Waals surface area contributed by atoms with Crippen LogP contribution in [0.4, 0.5) is 0 Å². The molecule has 2 N–H and O–H groups in total. The summed E-state index contributed by atoms with van der Waals surface area (Å²) in [5, 5.41) is 7.55. The molecule has 0 bridgehead atoms. The van der Waals surface area contributed by atoms with Crippen molar-refractivity contribution in [3.63, 3.8) is 0 Å². The third-order valence-corrected chi connectivity index (χ3v) is 4.00. The van der Waals surface area contributed by atoms with Gasteiger partial charge in [0.2, 0.25) is 11.6 Å². The third-order valence-electron chi connectivity index (χ3n) is 3.60. The first kappa shape index (κ1) is 19.2. The Morgan fingerprint density at radius 3 is 2.36 bits per heavy atom. The van der Waals surface area contributed by atoms with E-state index in [2.05, 4.69) is 0 Å². The Morgan fingerprint density at radius 2 is 1.84 bits per heavy atom. The van der Waals surface area contributed by atoms with Crippen molar-refractivity contribution in [2.45, 2.75) is 24.9 Å². The normalized spacial score (nSPS) is 25.6. The molecule has 25 heavy (non-hydrogen) atoms. The number of aliphatic hydroxyl groups is 1. The molecule has 0 radical (unpaired) electrons. The minimum Gasteiger partial charge on any atom is -0.388 e. The Bertz CT molecular complexity index is 860. The van der Waals surface area contributed by atoms with E-state index in [1.807, 2.05) is 4.98 Å². The summed E-state index contributed by atoms with van der Waals surface area (Å²) in [6, 6.07) is 0.960. The zero-order valence-corrected chi connectivity index (χ0v) is 13.7. The van der Waals surface area contributed by atoms with Crippen LogP contribution >= 0.6 is 23.2 Å². The molecule has 1 aliphatic rings. The summed E-state index contributed by atoms with van der Waals surface area (Å²) in [6.07, 6.45) is -4.39. The highest BCUT2D eigenvalue weighted by atomic mass is 35.5. The van der Waals surface area contributed by atoms with Crippen molar-refractivity contribution in [1.29, 1.82) is 0 Å². The lowest BCUT2D eigenvalue weighted by Crippen LogP contribution is -2.39. The lowest BCUT2D eigenvalue weighted by atomic mass is 9.91. The molecule has 1 saturated heterocycles. The zero-order valence-electron chi connectivity index (χ0n) is 12.2. The number of hydrogen-bond donors (Lipinski definition) is 2. The summed E-state index contributed by atoms with van der Waals surface area (Å²) in [7, 11) is 0. The SMILES string of the molecule is O=C(Cl)C(=O)C[C@H]1O[C@@H](n2ccc(=O)[nH]c2=O)[C@@H](O)[C@@H]1C(=O)C(=O)Cl. The van der Waals surface area contributed by atoms with E-state index in [4.69, 9.17) is 27.9 Å². The van der Waals surface area contributed by atoms with E-state index in [-0.39, 0.29) is 0 Å². The smallest absolute Gasteiger partial charge is 0.330 e. The van der Waals surface area contributed by atoms with Crippen LogP contribution in [0.15, 0.2) is 21.9 Å². The maximum Gasteiger partial charge on any atom is 0.330 e. The van der Waals surface area contributed by atoms with Gasteiger partial charge in [-0.2, -0.15) is 0 Å². The molecular formula is C13H10Cl2N2O8. The number of carbonyl (C=O) groups is 4. The number of hydrogen-bond acceptors (Lipinski definition) is 8. The van der Waals surface area contributed by atoms with Crippen LogP contribution in [0.5, 0.6) is 0 Å². The second-order valence-corrected chi connectivity index (χ2v) is 5.82. The summed E-state index contributed by atoms with van der Waals surface area (Å²) in [5.41, 5.74) is -1.67. The molecule has 1 aromatic heterocycles. The van der Waals surface area contributed by atoms with Gasteiger partial charge in [-0.3, -0.25) is 33.5 Å². The standard InChI is InChI=1S/C13H10Cl2N2O8/c14-10(22)4(18)3-5-7(8(20)11(15)23)9(21)12(25-5)17-2-1-6(19)16-13(17)24/h1-2,5,7,9,12,21H,3H2,(H,16,19,24)/t5-,7+,9+,12-/m1/s1. The van der Waals surface area contributed by atoms with Crippen molar-refractivity contribution < 1.29 is 29.0 Å². The van der Waals surface area contributed by atoms with Gasteiger partial charge in [-0.15, -0.1) is 0 Å². The summed E-state index contributed by atoms with van der Waals surface area (Å²) in [6.45, 7) is 0. The Morgan fingerprint density at radius 1 is 1.20 bits per heavy atom. The molecular weight excluding hydrogens is 383 g/mol. The monoisotopic (exact) mass is 392 g/mol. The van der Waals surface area contributed by atoms with Gasteiger partial charge in [0.1, 0.15) is 6.10 Å². The zero-order chi connectivity index (χ0) is 18.9. The molecule has 1 fully saturated rings. The van der Waals surface area contributed by atoms with Crippen LogP contribution in [0, 0.1) is 5.92 Å². The number of nitrogens with zero attached hydrogens (tertiary/aromatic N) is 1. The van der Waals surface area contributed by atoms with Gasteiger partial charge in [0, 0.05) is 18.7 Å². The number of aromatic amines is 1. The number of ketones is 2. The van der Waals surface area contributed by atoms with Crippen LogP contribution in [0.2, 0.25) is 0 Å². The average Bonchev–Trinajstić information content (AvgIpc) is 2.82. The quantitative estimate of drug-likeness (QED) is 0.436. The maximum atomic E-state index is 11.9. The predicted octanol–water partition coefficient (Wildman–Crippen LogP) is -1.53. The Kier molecular flexibility index (Phi) is 5.68. The number of halogens is 2. The van der Waals surface area contributed by atoms with Crippen molar-refractivity contribution in [1.82, 2.24) is 9.55 Å². The van der Waals surface area contributed by atoms with Crippen molar-refractivity contribution in [3.8, 4) is 0 Å². The highest BCUT2D eigenvalue weighted by Gasteiger charge is 2.50. The molecule has 0 aliphatic carbocycles. The van der Waals surface area contributed by atoms with Gasteiger partial charge < -0.3 is 9.84 Å². The first-order chi connectivity index (χ1) is 11.6. The van der Waals surface area contributed by atoms with E-state index in [0.717, 1.165) is 16.8 Å². The van der Waals surface area contributed by atoms with Crippen LogP contribution < -0.4 is 11.2 Å². The van der Waals surface area contributed by atoms with Crippen molar-refractivity contribution >= 4 is 45.3 Å². The number of rotatable bonds is 6. The minimum absolute atomic E-state index is 0.711. The summed E-state index contributed by atoms with van der Waals surface area (Å²) in [4.78, 5) is 70.3. The number of H-pyrrole nitrogens is 1. The molecule has 0 saturated carbocycles. The van der Waals surface area contributed by atoms with Crippen molar-refractivity contribution in [2.75, 3.05) is 0 Å². The molecule has 10 nitrogen and oxygen atoms in total. The first-order valence-electron chi connectivity index (χ1n) is 6.74. The largest absolute Gasteiger partial charge is 0.388 e. The molecule has 134 valence electrons. The predicted molar refractivity (Wildman–Crippen MR) is 81.1 cm³/mol. The van der Waals surface area contributed by atoms with Crippen LogP contribution in [0.3, 0.4) is 0 Å². The fourth-order valence-corrected chi connectivity index (χ4v) is 2.70. The molecule has 0 amide bonds. The molecule has 4 atom stereocenters. The minimum atomic E-state index is -1.75. The van der Waals surface area contributed by atoms with Crippen LogP contribution in [0.1, 0.15) is 12.6 Å². The second-order valence-electron chi connectivity index (χ2n) is 5.14. The van der Waals surface area contributed by atoms with E-state index >= 15 is 0 Å². The van der Waals surface area contributed by atoms with E-state index in [9.17, 15) is 33.9 Å². The molecule has 2 heterocycles. The molecule has 12 heteroatoms. The number of ether oxygens (including phenoxy) is 1. The van der Waals surface area contributed by atoms with Crippen LogP contribution in [-0.4, -0.2) is 48.9 Å². The highest BCUT2D eigenvalue weighted by Crippen LogP contribution is 2.36. The fraction of sp³-hybridized carbons (Fsp3) is 0.385. The van der Waals surface area contributed by atoms with Gasteiger partial charge in [-0.1, -0.05) is 0 Å². The highest BCUT2D eigenvalue weighted by molar-refractivity contribution is 6.82. The van der Waals surface area contributed by atoms with Gasteiger partial charge in [0.15, 0.2) is 6.23 Å². The van der Waals surface area contributed by atoms with E-state index in [1.165, 1.54) is 0 Å². The summed E-state index contributed by atoms with van der Waals surface area (Å²) in [5.74, 6) is -3.98. The van der Waals surface area contributed by atoms with Gasteiger partial charge in [0.25, 0.3) is 16.0 Å². The summed E-state index contributed by atoms with van der Waals surface area (Å²) < 4.78 is 6.07. The fourth-order valence-electron chi connectivity index (χ4n) is 2.49. The molecule has 1 aliphatic heterocycles.